The zero-order valence-corrected chi connectivity index (χ0v) is 14.4. The predicted molar refractivity (Wildman–Crippen MR) is 91.5 cm³/mol. The van der Waals surface area contributed by atoms with E-state index in [0.717, 1.165) is 6.54 Å². The van der Waals surface area contributed by atoms with E-state index >= 15 is 0 Å². The summed E-state index contributed by atoms with van der Waals surface area (Å²) in [6, 6.07) is 0. The molecule has 1 unspecified atom stereocenters. The fourth-order valence-corrected chi connectivity index (χ4v) is 2.98. The van der Waals surface area contributed by atoms with Crippen LogP contribution in [-0.2, 0) is 6.54 Å². The van der Waals surface area contributed by atoms with E-state index in [1.54, 1.807) is 0 Å². The van der Waals surface area contributed by atoms with Gasteiger partial charge in [-0.05, 0) is 12.3 Å². The van der Waals surface area contributed by atoms with Crippen LogP contribution in [0.4, 0.5) is 0 Å². The molecule has 0 radical (unpaired) electrons. The molecule has 0 fully saturated rings. The molecule has 122 valence electrons. The lowest BCUT2D eigenvalue weighted by molar-refractivity contribution is 0.462. The zero-order chi connectivity index (χ0) is 15.5. The lowest BCUT2D eigenvalue weighted by atomic mass is 9.93. The Morgan fingerprint density at radius 2 is 1.67 bits per heavy atom. The van der Waals surface area contributed by atoms with Crippen LogP contribution in [-0.4, -0.2) is 16.1 Å². The SMILES string of the molecule is CCCCCCCCCCn1cncc1C(CN)C(C)C. The average Bonchev–Trinajstić information content (AvgIpc) is 2.90. The molecule has 0 aliphatic heterocycles. The molecule has 1 aromatic rings. The van der Waals surface area contributed by atoms with Crippen molar-refractivity contribution in [3.05, 3.63) is 18.2 Å². The van der Waals surface area contributed by atoms with E-state index in [9.17, 15) is 0 Å². The quantitative estimate of drug-likeness (QED) is 0.567. The van der Waals surface area contributed by atoms with Crippen molar-refractivity contribution in [3.63, 3.8) is 0 Å². The summed E-state index contributed by atoms with van der Waals surface area (Å²) in [7, 11) is 0. The fraction of sp³-hybridized carbons (Fsp3) is 0.833. The number of rotatable bonds is 12. The Hall–Kier alpha value is -0.830. The molecule has 1 atom stereocenters. The van der Waals surface area contributed by atoms with Crippen molar-refractivity contribution in [1.29, 1.82) is 0 Å². The molecule has 21 heavy (non-hydrogen) atoms. The van der Waals surface area contributed by atoms with Crippen LogP contribution < -0.4 is 5.73 Å². The van der Waals surface area contributed by atoms with Crippen molar-refractivity contribution >= 4 is 0 Å². The van der Waals surface area contributed by atoms with Crippen LogP contribution in [0, 0.1) is 5.92 Å². The highest BCUT2D eigenvalue weighted by Gasteiger charge is 2.17. The van der Waals surface area contributed by atoms with Crippen LogP contribution in [0.5, 0.6) is 0 Å². The summed E-state index contributed by atoms with van der Waals surface area (Å²) in [6.07, 6.45) is 14.9. The molecule has 2 N–H and O–H groups in total. The summed E-state index contributed by atoms with van der Waals surface area (Å²) >= 11 is 0. The Labute approximate surface area is 131 Å². The summed E-state index contributed by atoms with van der Waals surface area (Å²) in [5, 5.41) is 0. The van der Waals surface area contributed by atoms with Gasteiger partial charge in [0.2, 0.25) is 0 Å². The second-order valence-corrected chi connectivity index (χ2v) is 6.57. The topological polar surface area (TPSA) is 43.8 Å². The summed E-state index contributed by atoms with van der Waals surface area (Å²) in [6.45, 7) is 8.55. The average molecular weight is 293 g/mol. The van der Waals surface area contributed by atoms with Crippen molar-refractivity contribution in [3.8, 4) is 0 Å². The monoisotopic (exact) mass is 293 g/mol. The minimum Gasteiger partial charge on any atom is -0.334 e. The zero-order valence-electron chi connectivity index (χ0n) is 14.4. The first-order chi connectivity index (χ1) is 10.2. The van der Waals surface area contributed by atoms with E-state index in [-0.39, 0.29) is 0 Å². The fourth-order valence-electron chi connectivity index (χ4n) is 2.98. The first kappa shape index (κ1) is 18.2. The lowest BCUT2D eigenvalue weighted by Gasteiger charge is -2.20. The van der Waals surface area contributed by atoms with Gasteiger partial charge in [-0.2, -0.15) is 0 Å². The van der Waals surface area contributed by atoms with Crippen molar-refractivity contribution < 1.29 is 0 Å². The van der Waals surface area contributed by atoms with Gasteiger partial charge >= 0.3 is 0 Å². The molecule has 0 aliphatic rings. The first-order valence-electron chi connectivity index (χ1n) is 8.90. The molecule has 1 rings (SSSR count). The maximum absolute atomic E-state index is 5.93. The van der Waals surface area contributed by atoms with Gasteiger partial charge in [-0.1, -0.05) is 65.7 Å². The van der Waals surface area contributed by atoms with Gasteiger partial charge < -0.3 is 10.3 Å². The first-order valence-corrected chi connectivity index (χ1v) is 8.90. The maximum atomic E-state index is 5.93. The van der Waals surface area contributed by atoms with Crippen LogP contribution in [0.25, 0.3) is 0 Å². The molecule has 0 aliphatic carbocycles. The molecule has 1 aromatic heterocycles. The largest absolute Gasteiger partial charge is 0.334 e. The number of aryl methyl sites for hydroxylation is 1. The van der Waals surface area contributed by atoms with Crippen molar-refractivity contribution in [2.45, 2.75) is 84.6 Å². The standard InChI is InChI=1S/C18H35N3/c1-4-5-6-7-8-9-10-11-12-21-15-20-14-18(21)17(13-19)16(2)3/h14-17H,4-13,19H2,1-3H3. The van der Waals surface area contributed by atoms with Crippen molar-refractivity contribution in [1.82, 2.24) is 9.55 Å². The molecule has 0 bridgehead atoms. The normalized spacial score (nSPS) is 13.0. The molecule has 0 saturated carbocycles. The molecular formula is C18H35N3. The Bertz CT molecular complexity index is 357. The van der Waals surface area contributed by atoms with E-state index in [1.807, 2.05) is 12.5 Å². The highest BCUT2D eigenvalue weighted by atomic mass is 15.0. The molecule has 0 amide bonds. The van der Waals surface area contributed by atoms with Gasteiger partial charge in [-0.25, -0.2) is 4.98 Å². The van der Waals surface area contributed by atoms with Gasteiger partial charge in [0, 0.05) is 30.9 Å². The Kier molecular flexibility index (Phi) is 9.40. The van der Waals surface area contributed by atoms with Gasteiger partial charge in [-0.3, -0.25) is 0 Å². The molecular weight excluding hydrogens is 258 g/mol. The van der Waals surface area contributed by atoms with Gasteiger partial charge in [0.05, 0.1) is 6.33 Å². The third-order valence-corrected chi connectivity index (χ3v) is 4.44. The highest BCUT2D eigenvalue weighted by molar-refractivity contribution is 5.08. The number of nitrogens with two attached hydrogens (primary N) is 1. The van der Waals surface area contributed by atoms with Gasteiger partial charge in [-0.15, -0.1) is 0 Å². The van der Waals surface area contributed by atoms with E-state index < -0.39 is 0 Å². The minimum absolute atomic E-state index is 0.432. The minimum atomic E-state index is 0.432. The second kappa shape index (κ2) is 10.8. The maximum Gasteiger partial charge on any atom is 0.0948 e. The Morgan fingerprint density at radius 1 is 1.05 bits per heavy atom. The highest BCUT2D eigenvalue weighted by Crippen LogP contribution is 2.23. The van der Waals surface area contributed by atoms with Crippen LogP contribution in [0.1, 0.15) is 83.7 Å². The summed E-state index contributed by atoms with van der Waals surface area (Å²) in [5.41, 5.74) is 7.24. The van der Waals surface area contributed by atoms with Crippen molar-refractivity contribution in [2.75, 3.05) is 6.54 Å². The molecule has 3 nitrogen and oxygen atoms in total. The number of unbranched alkanes of at least 4 members (excludes halogenated alkanes) is 7. The summed E-state index contributed by atoms with van der Waals surface area (Å²) in [5.74, 6) is 1.01. The molecule has 3 heteroatoms. The van der Waals surface area contributed by atoms with Gasteiger partial charge in [0.15, 0.2) is 0 Å². The second-order valence-electron chi connectivity index (χ2n) is 6.57. The Balaban J connectivity index is 2.25. The van der Waals surface area contributed by atoms with Gasteiger partial charge in [0.25, 0.3) is 0 Å². The number of aromatic nitrogens is 2. The third-order valence-electron chi connectivity index (χ3n) is 4.44. The molecule has 0 aromatic carbocycles. The van der Waals surface area contributed by atoms with Crippen molar-refractivity contribution in [2.24, 2.45) is 11.7 Å². The van der Waals surface area contributed by atoms with Crippen LogP contribution in [0.2, 0.25) is 0 Å². The lowest BCUT2D eigenvalue weighted by Crippen LogP contribution is -2.21. The third kappa shape index (κ3) is 6.64. The summed E-state index contributed by atoms with van der Waals surface area (Å²) < 4.78 is 2.31. The molecule has 0 spiro atoms. The number of nitrogens with zero attached hydrogens (tertiary/aromatic N) is 2. The molecule has 0 saturated heterocycles. The smallest absolute Gasteiger partial charge is 0.0948 e. The van der Waals surface area contributed by atoms with Gasteiger partial charge in [0.1, 0.15) is 0 Å². The van der Waals surface area contributed by atoms with E-state index in [0.29, 0.717) is 18.4 Å². The van der Waals surface area contributed by atoms with E-state index in [1.165, 1.54) is 57.1 Å². The number of hydrogen-bond donors (Lipinski definition) is 1. The summed E-state index contributed by atoms with van der Waals surface area (Å²) in [4.78, 5) is 4.33. The van der Waals surface area contributed by atoms with Crippen LogP contribution in [0.15, 0.2) is 12.5 Å². The Morgan fingerprint density at radius 3 is 2.24 bits per heavy atom. The number of hydrogen-bond acceptors (Lipinski definition) is 2. The molecule has 1 heterocycles. The van der Waals surface area contributed by atoms with E-state index in [2.05, 4.69) is 30.3 Å². The van der Waals surface area contributed by atoms with Crippen LogP contribution >= 0.6 is 0 Å². The van der Waals surface area contributed by atoms with Crippen LogP contribution in [0.3, 0.4) is 0 Å². The number of imidazole rings is 1. The van der Waals surface area contributed by atoms with E-state index in [4.69, 9.17) is 5.73 Å². The predicted octanol–water partition coefficient (Wildman–Crippen LogP) is 4.72.